The summed E-state index contributed by atoms with van der Waals surface area (Å²) >= 11 is 0. The summed E-state index contributed by atoms with van der Waals surface area (Å²) < 4.78 is 18.6. The molecule has 0 radical (unpaired) electrons. The lowest BCUT2D eigenvalue weighted by molar-refractivity contribution is 0.171. The van der Waals surface area contributed by atoms with E-state index in [1.54, 1.807) is 7.11 Å². The van der Waals surface area contributed by atoms with Crippen molar-refractivity contribution < 1.29 is 14.2 Å². The molecular formula is C23H27N5O3. The van der Waals surface area contributed by atoms with E-state index in [4.69, 9.17) is 14.2 Å². The number of nitrogens with zero attached hydrogens (tertiary/aromatic N) is 4. The van der Waals surface area contributed by atoms with Crippen LogP contribution in [0.15, 0.2) is 42.5 Å². The second-order valence-corrected chi connectivity index (χ2v) is 8.36. The van der Waals surface area contributed by atoms with Crippen LogP contribution in [0.1, 0.15) is 38.4 Å². The first kappa shape index (κ1) is 19.7. The van der Waals surface area contributed by atoms with Gasteiger partial charge in [-0.2, -0.15) is 4.68 Å². The monoisotopic (exact) mass is 421 g/mol. The number of fused-ring (bicyclic) bond motifs is 1. The zero-order chi connectivity index (χ0) is 21.3. The molecule has 2 heterocycles. The van der Waals surface area contributed by atoms with Gasteiger partial charge < -0.3 is 19.5 Å². The Hall–Kier alpha value is -3.29. The Morgan fingerprint density at radius 1 is 1.03 bits per heavy atom. The number of tetrazole rings is 1. The van der Waals surface area contributed by atoms with E-state index in [0.29, 0.717) is 19.1 Å². The molecule has 0 saturated heterocycles. The van der Waals surface area contributed by atoms with E-state index in [-0.39, 0.29) is 5.54 Å². The normalized spacial score (nSPS) is 22.7. The summed E-state index contributed by atoms with van der Waals surface area (Å²) in [7, 11) is 1.67. The molecule has 1 fully saturated rings. The Balaban J connectivity index is 1.52. The third kappa shape index (κ3) is 3.78. The van der Waals surface area contributed by atoms with Crippen LogP contribution in [0.25, 0.3) is 5.69 Å². The molecule has 0 bridgehead atoms. The lowest BCUT2D eigenvalue weighted by Gasteiger charge is -2.39. The molecule has 5 rings (SSSR count). The summed E-state index contributed by atoms with van der Waals surface area (Å²) in [4.78, 5) is 0. The van der Waals surface area contributed by atoms with E-state index in [2.05, 4.69) is 27.8 Å². The van der Waals surface area contributed by atoms with Gasteiger partial charge in [0.15, 0.2) is 17.3 Å². The first-order valence-corrected chi connectivity index (χ1v) is 10.8. The zero-order valence-corrected chi connectivity index (χ0v) is 17.9. The largest absolute Gasteiger partial charge is 0.497 e. The SMILES string of the molecule is COc1ccc(NC2(c3nnnn3-c3ccc4c(c3)OCCO4)CCC(C)CC2)cc1. The lowest BCUT2D eigenvalue weighted by Crippen LogP contribution is -2.41. The Kier molecular flexibility index (Phi) is 5.13. The molecule has 1 aliphatic heterocycles. The minimum absolute atomic E-state index is 0.363. The van der Waals surface area contributed by atoms with Crippen LogP contribution < -0.4 is 19.5 Å². The Morgan fingerprint density at radius 2 is 1.77 bits per heavy atom. The standard InChI is InChI=1S/C23H27N5O3/c1-16-9-11-23(12-10-16,24-17-3-6-19(29-2)7-4-17)22-25-26-27-28(22)18-5-8-20-21(15-18)31-14-13-30-20/h3-8,15-16,24H,9-14H2,1-2H3. The molecule has 1 aliphatic carbocycles. The number of anilines is 1. The van der Waals surface area contributed by atoms with Crippen LogP contribution in [0.5, 0.6) is 17.2 Å². The van der Waals surface area contributed by atoms with Crippen molar-refractivity contribution in [3.63, 3.8) is 0 Å². The highest BCUT2D eigenvalue weighted by Crippen LogP contribution is 2.42. The highest BCUT2D eigenvalue weighted by Gasteiger charge is 2.41. The second kappa shape index (κ2) is 8.09. The van der Waals surface area contributed by atoms with Crippen LogP contribution >= 0.6 is 0 Å². The maximum atomic E-state index is 5.77. The van der Waals surface area contributed by atoms with Crippen molar-refractivity contribution in [2.45, 2.75) is 38.1 Å². The second-order valence-electron chi connectivity index (χ2n) is 8.36. The van der Waals surface area contributed by atoms with Crippen molar-refractivity contribution in [1.82, 2.24) is 20.2 Å². The van der Waals surface area contributed by atoms with Gasteiger partial charge in [0.1, 0.15) is 19.0 Å². The maximum absolute atomic E-state index is 5.77. The molecule has 8 nitrogen and oxygen atoms in total. The first-order chi connectivity index (χ1) is 15.2. The molecule has 1 aromatic heterocycles. The van der Waals surface area contributed by atoms with Gasteiger partial charge in [-0.25, -0.2) is 0 Å². The zero-order valence-electron chi connectivity index (χ0n) is 17.9. The number of nitrogens with one attached hydrogen (secondary N) is 1. The molecule has 3 aromatic rings. The van der Waals surface area contributed by atoms with Crippen molar-refractivity contribution in [1.29, 1.82) is 0 Å². The Morgan fingerprint density at radius 3 is 2.52 bits per heavy atom. The fraction of sp³-hybridized carbons (Fsp3) is 0.435. The average Bonchev–Trinajstić information content (AvgIpc) is 3.32. The van der Waals surface area contributed by atoms with Crippen molar-refractivity contribution in [3.8, 4) is 22.9 Å². The number of hydrogen-bond acceptors (Lipinski definition) is 7. The summed E-state index contributed by atoms with van der Waals surface area (Å²) in [6, 6.07) is 13.8. The fourth-order valence-electron chi connectivity index (χ4n) is 4.43. The minimum Gasteiger partial charge on any atom is -0.497 e. The molecule has 0 amide bonds. The lowest BCUT2D eigenvalue weighted by atomic mass is 9.76. The molecule has 1 N–H and O–H groups in total. The number of methoxy groups -OCH3 is 1. The summed E-state index contributed by atoms with van der Waals surface area (Å²) in [5.41, 5.74) is 1.52. The quantitative estimate of drug-likeness (QED) is 0.668. The van der Waals surface area contributed by atoms with Gasteiger partial charge >= 0.3 is 0 Å². The number of benzene rings is 2. The molecule has 0 spiro atoms. The summed E-state index contributed by atoms with van der Waals surface area (Å²) in [6.07, 6.45) is 4.12. The van der Waals surface area contributed by atoms with E-state index in [9.17, 15) is 0 Å². The topological polar surface area (TPSA) is 83.3 Å². The van der Waals surface area contributed by atoms with E-state index in [1.165, 1.54) is 0 Å². The van der Waals surface area contributed by atoms with E-state index < -0.39 is 0 Å². The van der Waals surface area contributed by atoms with Gasteiger partial charge in [-0.15, -0.1) is 5.10 Å². The predicted molar refractivity (Wildman–Crippen MR) is 116 cm³/mol. The van der Waals surface area contributed by atoms with Gasteiger partial charge in [0.05, 0.1) is 18.3 Å². The first-order valence-electron chi connectivity index (χ1n) is 10.8. The smallest absolute Gasteiger partial charge is 0.181 e. The highest BCUT2D eigenvalue weighted by atomic mass is 16.6. The molecule has 31 heavy (non-hydrogen) atoms. The Bertz CT molecular complexity index is 1040. The highest BCUT2D eigenvalue weighted by molar-refractivity contribution is 5.52. The molecular weight excluding hydrogens is 394 g/mol. The molecule has 2 aromatic carbocycles. The van der Waals surface area contributed by atoms with Gasteiger partial charge in [0, 0.05) is 11.8 Å². The Labute approximate surface area is 181 Å². The molecule has 8 heteroatoms. The van der Waals surface area contributed by atoms with E-state index >= 15 is 0 Å². The molecule has 2 aliphatic rings. The van der Waals surface area contributed by atoms with E-state index in [0.717, 1.165) is 60.1 Å². The minimum atomic E-state index is -0.363. The third-order valence-corrected chi connectivity index (χ3v) is 6.27. The average molecular weight is 422 g/mol. The number of rotatable bonds is 5. The van der Waals surface area contributed by atoms with Crippen molar-refractivity contribution >= 4 is 5.69 Å². The molecule has 0 atom stereocenters. The van der Waals surface area contributed by atoms with Gasteiger partial charge in [0.25, 0.3) is 0 Å². The number of aromatic nitrogens is 4. The predicted octanol–water partition coefficient (Wildman–Crippen LogP) is 3.96. The van der Waals surface area contributed by atoms with Crippen LogP contribution in [0.4, 0.5) is 5.69 Å². The molecule has 1 saturated carbocycles. The van der Waals surface area contributed by atoms with Crippen LogP contribution in [-0.2, 0) is 5.54 Å². The molecule has 162 valence electrons. The van der Waals surface area contributed by atoms with Crippen molar-refractivity contribution in [3.05, 3.63) is 48.3 Å². The fourth-order valence-corrected chi connectivity index (χ4v) is 4.43. The van der Waals surface area contributed by atoms with Crippen molar-refractivity contribution in [2.24, 2.45) is 5.92 Å². The van der Waals surface area contributed by atoms with Gasteiger partial charge in [-0.1, -0.05) is 6.92 Å². The van der Waals surface area contributed by atoms with Gasteiger partial charge in [-0.05, 0) is 78.4 Å². The summed E-state index contributed by atoms with van der Waals surface area (Å²) in [6.45, 7) is 3.41. The third-order valence-electron chi connectivity index (χ3n) is 6.27. The van der Waals surface area contributed by atoms with Crippen molar-refractivity contribution in [2.75, 3.05) is 25.6 Å². The summed E-state index contributed by atoms with van der Waals surface area (Å²) in [5, 5.41) is 16.7. The van der Waals surface area contributed by atoms with Crippen LogP contribution in [0.2, 0.25) is 0 Å². The van der Waals surface area contributed by atoms with Crippen LogP contribution in [-0.4, -0.2) is 40.5 Å². The van der Waals surface area contributed by atoms with E-state index in [1.807, 2.05) is 47.1 Å². The van der Waals surface area contributed by atoms with Crippen LogP contribution in [0, 0.1) is 5.92 Å². The number of ether oxygens (including phenoxy) is 3. The van der Waals surface area contributed by atoms with Gasteiger partial charge in [0.2, 0.25) is 0 Å². The van der Waals surface area contributed by atoms with Gasteiger partial charge in [-0.3, -0.25) is 0 Å². The number of hydrogen-bond donors (Lipinski definition) is 1. The summed E-state index contributed by atoms with van der Waals surface area (Å²) in [5.74, 6) is 3.80. The maximum Gasteiger partial charge on any atom is 0.181 e. The molecule has 0 unspecified atom stereocenters. The van der Waals surface area contributed by atoms with Crippen LogP contribution in [0.3, 0.4) is 0 Å².